The first-order valence-corrected chi connectivity index (χ1v) is 11.7. The van der Waals surface area contributed by atoms with Crippen LogP contribution in [0.1, 0.15) is 12.5 Å². The molecule has 7 nitrogen and oxygen atoms in total. The van der Waals surface area contributed by atoms with Crippen molar-refractivity contribution in [3.05, 3.63) is 47.6 Å². The Balaban J connectivity index is 1.65. The van der Waals surface area contributed by atoms with Gasteiger partial charge in [0.2, 0.25) is 0 Å². The van der Waals surface area contributed by atoms with Gasteiger partial charge in [0.05, 0.1) is 41.4 Å². The standard InChI is InChI=1S/C24H24N6OS/c1-14-11-26-29(3)21(14)18-13-32-22-20(18)27-23(17-5-4-6-19-16(17)7-8-25-19)28-24(22)30-9-10-31-12-15(30)2/h4-8,11,13,15,25H,9-10,12H2,1-3H3/t15-/m1/s1. The van der Waals surface area contributed by atoms with Gasteiger partial charge >= 0.3 is 0 Å². The number of morpholine rings is 1. The van der Waals surface area contributed by atoms with E-state index in [9.17, 15) is 0 Å². The highest BCUT2D eigenvalue weighted by atomic mass is 32.1. The van der Waals surface area contributed by atoms with E-state index in [0.29, 0.717) is 13.2 Å². The van der Waals surface area contributed by atoms with Gasteiger partial charge in [-0.25, -0.2) is 9.97 Å². The molecular formula is C24H24N6OS. The van der Waals surface area contributed by atoms with E-state index in [1.54, 1.807) is 11.3 Å². The monoisotopic (exact) mass is 444 g/mol. The zero-order valence-electron chi connectivity index (χ0n) is 18.3. The minimum Gasteiger partial charge on any atom is -0.377 e. The molecule has 1 N–H and O–H groups in total. The highest BCUT2D eigenvalue weighted by molar-refractivity contribution is 7.18. The van der Waals surface area contributed by atoms with Crippen LogP contribution >= 0.6 is 11.3 Å². The molecule has 0 aliphatic carbocycles. The van der Waals surface area contributed by atoms with Crippen molar-refractivity contribution in [2.24, 2.45) is 7.05 Å². The fraction of sp³-hybridized carbons (Fsp3) is 0.292. The zero-order chi connectivity index (χ0) is 21.8. The summed E-state index contributed by atoms with van der Waals surface area (Å²) >= 11 is 1.71. The van der Waals surface area contributed by atoms with Crippen molar-refractivity contribution in [2.75, 3.05) is 24.7 Å². The highest BCUT2D eigenvalue weighted by Gasteiger charge is 2.26. The Bertz CT molecular complexity index is 1430. The summed E-state index contributed by atoms with van der Waals surface area (Å²) in [5.41, 5.74) is 6.44. The van der Waals surface area contributed by atoms with E-state index in [1.807, 2.05) is 24.1 Å². The van der Waals surface area contributed by atoms with Crippen LogP contribution in [-0.4, -0.2) is 50.5 Å². The number of rotatable bonds is 3. The third-order valence-corrected chi connectivity index (χ3v) is 7.21. The summed E-state index contributed by atoms with van der Waals surface area (Å²) in [4.78, 5) is 16.0. The molecule has 0 bridgehead atoms. The first-order valence-electron chi connectivity index (χ1n) is 10.8. The first kappa shape index (κ1) is 19.5. The van der Waals surface area contributed by atoms with Gasteiger partial charge in [0, 0.05) is 47.2 Å². The number of aromatic amines is 1. The molecule has 6 rings (SSSR count). The first-order chi connectivity index (χ1) is 15.6. The van der Waals surface area contributed by atoms with Gasteiger partial charge in [-0.15, -0.1) is 11.3 Å². The van der Waals surface area contributed by atoms with Crippen molar-refractivity contribution in [2.45, 2.75) is 19.9 Å². The summed E-state index contributed by atoms with van der Waals surface area (Å²) in [6.07, 6.45) is 3.87. The van der Waals surface area contributed by atoms with Crippen LogP contribution in [-0.2, 0) is 11.8 Å². The number of thiophene rings is 1. The molecule has 0 saturated carbocycles. The van der Waals surface area contributed by atoms with Crippen molar-refractivity contribution >= 4 is 38.3 Å². The largest absolute Gasteiger partial charge is 0.377 e. The van der Waals surface area contributed by atoms with Crippen LogP contribution in [0, 0.1) is 6.92 Å². The summed E-state index contributed by atoms with van der Waals surface area (Å²) in [6.45, 7) is 6.52. The van der Waals surface area contributed by atoms with Crippen molar-refractivity contribution in [1.82, 2.24) is 24.7 Å². The number of hydrogen-bond donors (Lipinski definition) is 1. The summed E-state index contributed by atoms with van der Waals surface area (Å²) in [6, 6.07) is 8.58. The minimum absolute atomic E-state index is 0.252. The lowest BCUT2D eigenvalue weighted by Crippen LogP contribution is -2.44. The van der Waals surface area contributed by atoms with Gasteiger partial charge in [-0.05, 0) is 31.5 Å². The molecule has 5 aromatic rings. The average Bonchev–Trinajstić information content (AvgIpc) is 3.52. The van der Waals surface area contributed by atoms with Crippen LogP contribution in [0.5, 0.6) is 0 Å². The van der Waals surface area contributed by atoms with Gasteiger partial charge in [-0.1, -0.05) is 12.1 Å². The van der Waals surface area contributed by atoms with E-state index in [4.69, 9.17) is 14.7 Å². The highest BCUT2D eigenvalue weighted by Crippen LogP contribution is 2.41. The second-order valence-corrected chi connectivity index (χ2v) is 9.24. The quantitative estimate of drug-likeness (QED) is 0.434. The maximum Gasteiger partial charge on any atom is 0.162 e. The summed E-state index contributed by atoms with van der Waals surface area (Å²) in [5.74, 6) is 1.74. The van der Waals surface area contributed by atoms with E-state index in [-0.39, 0.29) is 6.04 Å². The lowest BCUT2D eigenvalue weighted by atomic mass is 10.1. The average molecular weight is 445 g/mol. The van der Waals surface area contributed by atoms with Crippen LogP contribution in [0.3, 0.4) is 0 Å². The number of nitrogens with zero attached hydrogens (tertiary/aromatic N) is 5. The number of ether oxygens (including phenoxy) is 1. The SMILES string of the molecule is Cc1cnn(C)c1-c1csc2c(N3CCOC[C@H]3C)nc(-c3cccc4[nH]ccc34)nc12. The molecule has 0 amide bonds. The van der Waals surface area contributed by atoms with Gasteiger partial charge in [0.25, 0.3) is 0 Å². The smallest absolute Gasteiger partial charge is 0.162 e. The van der Waals surface area contributed by atoms with E-state index >= 15 is 0 Å². The minimum atomic E-state index is 0.252. The Morgan fingerprint density at radius 1 is 1.19 bits per heavy atom. The molecule has 1 aliphatic rings. The Morgan fingerprint density at radius 3 is 2.91 bits per heavy atom. The van der Waals surface area contributed by atoms with E-state index in [2.05, 4.69) is 58.5 Å². The summed E-state index contributed by atoms with van der Waals surface area (Å²) in [5, 5.41) is 7.78. The van der Waals surface area contributed by atoms with Crippen LogP contribution < -0.4 is 4.90 Å². The number of benzene rings is 1. The Kier molecular flexibility index (Phi) is 4.51. The van der Waals surface area contributed by atoms with E-state index in [1.165, 1.54) is 0 Å². The topological polar surface area (TPSA) is 71.9 Å². The normalized spacial score (nSPS) is 17.0. The number of nitrogens with one attached hydrogen (secondary N) is 1. The molecule has 1 aliphatic heterocycles. The summed E-state index contributed by atoms with van der Waals surface area (Å²) < 4.78 is 8.75. The molecule has 32 heavy (non-hydrogen) atoms. The lowest BCUT2D eigenvalue weighted by molar-refractivity contribution is 0.0987. The molecule has 5 heterocycles. The molecule has 0 radical (unpaired) electrons. The van der Waals surface area contributed by atoms with Crippen molar-refractivity contribution in [1.29, 1.82) is 0 Å². The van der Waals surface area contributed by atoms with Crippen molar-refractivity contribution in [3.8, 4) is 22.6 Å². The fourth-order valence-electron chi connectivity index (χ4n) is 4.64. The molecule has 1 fully saturated rings. The van der Waals surface area contributed by atoms with Crippen LogP contribution in [0.4, 0.5) is 5.82 Å². The summed E-state index contributed by atoms with van der Waals surface area (Å²) in [7, 11) is 1.99. The number of H-pyrrole nitrogens is 1. The third-order valence-electron chi connectivity index (χ3n) is 6.25. The van der Waals surface area contributed by atoms with Crippen LogP contribution in [0.15, 0.2) is 42.0 Å². The number of hydrogen-bond acceptors (Lipinski definition) is 6. The molecule has 162 valence electrons. The Labute approximate surface area is 189 Å². The predicted molar refractivity (Wildman–Crippen MR) is 129 cm³/mol. The van der Waals surface area contributed by atoms with Gasteiger partial charge in [0.15, 0.2) is 11.6 Å². The maximum atomic E-state index is 5.71. The number of aryl methyl sites for hydroxylation is 2. The number of aromatic nitrogens is 5. The van der Waals surface area contributed by atoms with E-state index in [0.717, 1.165) is 61.7 Å². The van der Waals surface area contributed by atoms with Crippen LogP contribution in [0.25, 0.3) is 43.8 Å². The zero-order valence-corrected chi connectivity index (χ0v) is 19.1. The van der Waals surface area contributed by atoms with Gasteiger partial charge in [0.1, 0.15) is 0 Å². The lowest BCUT2D eigenvalue weighted by Gasteiger charge is -2.34. The van der Waals surface area contributed by atoms with Gasteiger partial charge in [-0.3, -0.25) is 4.68 Å². The van der Waals surface area contributed by atoms with Crippen LogP contribution in [0.2, 0.25) is 0 Å². The second-order valence-electron chi connectivity index (χ2n) is 8.36. The molecule has 0 spiro atoms. The molecule has 1 aromatic carbocycles. The van der Waals surface area contributed by atoms with Gasteiger partial charge < -0.3 is 14.6 Å². The van der Waals surface area contributed by atoms with E-state index < -0.39 is 0 Å². The number of fused-ring (bicyclic) bond motifs is 2. The fourth-order valence-corrected chi connectivity index (χ4v) is 5.64. The molecule has 8 heteroatoms. The third kappa shape index (κ3) is 2.94. The van der Waals surface area contributed by atoms with Crippen molar-refractivity contribution in [3.63, 3.8) is 0 Å². The Hall–Kier alpha value is -3.23. The number of anilines is 1. The second kappa shape index (κ2) is 7.43. The molecule has 1 saturated heterocycles. The van der Waals surface area contributed by atoms with Crippen molar-refractivity contribution < 1.29 is 4.74 Å². The Morgan fingerprint density at radius 2 is 2.09 bits per heavy atom. The predicted octanol–water partition coefficient (Wildman–Crippen LogP) is 4.77. The van der Waals surface area contributed by atoms with Gasteiger partial charge in [-0.2, -0.15) is 5.10 Å². The molecule has 1 atom stereocenters. The molecule has 0 unspecified atom stereocenters. The maximum absolute atomic E-state index is 5.71. The molecular weight excluding hydrogens is 420 g/mol. The molecule has 4 aromatic heterocycles.